The van der Waals surface area contributed by atoms with E-state index in [1.54, 1.807) is 0 Å². The molecule has 1 atom stereocenters. The van der Waals surface area contributed by atoms with Gasteiger partial charge in [0.1, 0.15) is 0 Å². The number of carboxylic acids is 1. The van der Waals surface area contributed by atoms with Crippen LogP contribution in [0, 0.1) is 0 Å². The molecule has 0 saturated carbocycles. The van der Waals surface area contributed by atoms with E-state index in [1.165, 1.54) is 0 Å². The Hall–Kier alpha value is -0.580. The minimum Gasteiger partial charge on any atom is -0.480 e. The molecular weight excluding hydrogens is 318 g/mol. The smallest absolute Gasteiger partial charge is 0.317 e. The van der Waals surface area contributed by atoms with Crippen molar-refractivity contribution >= 4 is 33.5 Å². The molecule has 100 valence electrons. The van der Waals surface area contributed by atoms with Crippen molar-refractivity contribution in [1.29, 1.82) is 0 Å². The molecule has 1 N–H and O–H groups in total. The molecule has 18 heavy (non-hydrogen) atoms. The van der Waals surface area contributed by atoms with E-state index in [9.17, 15) is 4.79 Å². The summed E-state index contributed by atoms with van der Waals surface area (Å²) in [7, 11) is 0. The number of benzene rings is 1. The highest BCUT2D eigenvalue weighted by molar-refractivity contribution is 9.10. The average Bonchev–Trinajstić information content (AvgIpc) is 2.31. The summed E-state index contributed by atoms with van der Waals surface area (Å²) in [5, 5.41) is 9.59. The maximum atomic E-state index is 10.9. The maximum Gasteiger partial charge on any atom is 0.317 e. The number of aliphatic carboxylic acids is 1. The second kappa shape index (κ2) is 7.12. The van der Waals surface area contributed by atoms with Gasteiger partial charge in [0.15, 0.2) is 0 Å². The molecule has 1 rings (SSSR count). The largest absolute Gasteiger partial charge is 0.480 e. The third-order valence-corrected chi connectivity index (χ3v) is 4.14. The highest BCUT2D eigenvalue weighted by Gasteiger charge is 2.16. The zero-order valence-electron chi connectivity index (χ0n) is 10.5. The summed E-state index contributed by atoms with van der Waals surface area (Å²) in [5.74, 6) is -0.802. The summed E-state index contributed by atoms with van der Waals surface area (Å²) in [6.45, 7) is 4.75. The molecule has 5 heteroatoms. The van der Waals surface area contributed by atoms with Crippen molar-refractivity contribution in [3.05, 3.63) is 33.3 Å². The topological polar surface area (TPSA) is 40.5 Å². The van der Waals surface area contributed by atoms with Crippen LogP contribution in [0.3, 0.4) is 0 Å². The Balaban J connectivity index is 2.81. The summed E-state index contributed by atoms with van der Waals surface area (Å²) in [4.78, 5) is 12.8. The zero-order valence-corrected chi connectivity index (χ0v) is 12.8. The first-order valence-corrected chi connectivity index (χ1v) is 7.01. The third-order valence-electron chi connectivity index (χ3n) is 2.92. The third kappa shape index (κ3) is 4.59. The van der Waals surface area contributed by atoms with E-state index in [0.29, 0.717) is 11.6 Å². The Kier molecular flexibility index (Phi) is 6.12. The van der Waals surface area contributed by atoms with Crippen LogP contribution < -0.4 is 0 Å². The predicted molar refractivity (Wildman–Crippen MR) is 77.0 cm³/mol. The van der Waals surface area contributed by atoms with E-state index in [1.807, 2.05) is 30.0 Å². The van der Waals surface area contributed by atoms with Crippen molar-refractivity contribution in [3.8, 4) is 0 Å². The fourth-order valence-corrected chi connectivity index (χ4v) is 2.22. The number of carboxylic acid groups (broad SMARTS) is 1. The van der Waals surface area contributed by atoms with Gasteiger partial charge in [0.25, 0.3) is 0 Å². The first-order valence-electron chi connectivity index (χ1n) is 5.83. The second-order valence-electron chi connectivity index (χ2n) is 4.30. The van der Waals surface area contributed by atoms with Gasteiger partial charge in [-0.15, -0.1) is 0 Å². The highest BCUT2D eigenvalue weighted by atomic mass is 79.9. The van der Waals surface area contributed by atoms with Crippen molar-refractivity contribution in [2.75, 3.05) is 6.54 Å². The van der Waals surface area contributed by atoms with Gasteiger partial charge in [0.2, 0.25) is 0 Å². The lowest BCUT2D eigenvalue weighted by atomic mass is 10.1. The Morgan fingerprint density at radius 1 is 1.56 bits per heavy atom. The summed E-state index contributed by atoms with van der Waals surface area (Å²) in [5.41, 5.74) is 1.05. The maximum absolute atomic E-state index is 10.9. The van der Waals surface area contributed by atoms with Gasteiger partial charge in [0.05, 0.1) is 11.6 Å². The van der Waals surface area contributed by atoms with Gasteiger partial charge in [-0.1, -0.05) is 24.6 Å². The summed E-state index contributed by atoms with van der Waals surface area (Å²) >= 11 is 9.31. The lowest BCUT2D eigenvalue weighted by Crippen LogP contribution is -2.36. The molecule has 0 bridgehead atoms. The van der Waals surface area contributed by atoms with Crippen molar-refractivity contribution in [3.63, 3.8) is 0 Å². The number of rotatable bonds is 6. The van der Waals surface area contributed by atoms with Crippen molar-refractivity contribution in [1.82, 2.24) is 4.90 Å². The molecule has 0 spiro atoms. The number of carbonyl (C=O) groups is 1. The summed E-state index contributed by atoms with van der Waals surface area (Å²) in [6.07, 6.45) is 0.919. The predicted octanol–water partition coefficient (Wildman–Crippen LogP) is 3.79. The Morgan fingerprint density at radius 3 is 2.72 bits per heavy atom. The van der Waals surface area contributed by atoms with Crippen LogP contribution in [-0.2, 0) is 11.3 Å². The summed E-state index contributed by atoms with van der Waals surface area (Å²) in [6, 6.07) is 5.90. The van der Waals surface area contributed by atoms with Crippen LogP contribution in [-0.4, -0.2) is 28.6 Å². The van der Waals surface area contributed by atoms with Gasteiger partial charge in [0, 0.05) is 17.1 Å². The van der Waals surface area contributed by atoms with E-state index in [4.69, 9.17) is 16.7 Å². The van der Waals surface area contributed by atoms with Gasteiger partial charge in [-0.3, -0.25) is 9.69 Å². The van der Waals surface area contributed by atoms with Crippen LogP contribution in [0.5, 0.6) is 0 Å². The lowest BCUT2D eigenvalue weighted by molar-refractivity contribution is -0.139. The van der Waals surface area contributed by atoms with Gasteiger partial charge < -0.3 is 5.11 Å². The van der Waals surface area contributed by atoms with Gasteiger partial charge in [-0.2, -0.15) is 0 Å². The first-order chi connectivity index (χ1) is 8.43. The number of hydrogen-bond acceptors (Lipinski definition) is 2. The first kappa shape index (κ1) is 15.5. The quantitative estimate of drug-likeness (QED) is 0.860. The molecular formula is C13H17BrClNO2. The molecule has 1 aromatic carbocycles. The Morgan fingerprint density at radius 2 is 2.22 bits per heavy atom. The molecule has 3 nitrogen and oxygen atoms in total. The number of halogens is 2. The minimum atomic E-state index is -0.802. The van der Waals surface area contributed by atoms with E-state index in [2.05, 4.69) is 22.9 Å². The molecule has 0 aliphatic carbocycles. The van der Waals surface area contributed by atoms with Crippen LogP contribution in [0.2, 0.25) is 5.02 Å². The Bertz CT molecular complexity index is 425. The average molecular weight is 335 g/mol. The molecule has 0 fully saturated rings. The summed E-state index contributed by atoms with van der Waals surface area (Å²) < 4.78 is 0.834. The molecule has 0 radical (unpaired) electrons. The van der Waals surface area contributed by atoms with E-state index in [-0.39, 0.29) is 12.6 Å². The van der Waals surface area contributed by atoms with Crippen molar-refractivity contribution in [2.24, 2.45) is 0 Å². The minimum absolute atomic E-state index is 0.0508. The van der Waals surface area contributed by atoms with Crippen LogP contribution in [0.25, 0.3) is 0 Å². The monoisotopic (exact) mass is 333 g/mol. The Labute approximate surface area is 121 Å². The number of nitrogens with zero attached hydrogens (tertiary/aromatic N) is 1. The molecule has 0 amide bonds. The van der Waals surface area contributed by atoms with Crippen LogP contribution in [0.1, 0.15) is 25.8 Å². The van der Waals surface area contributed by atoms with E-state index >= 15 is 0 Å². The second-order valence-corrected chi connectivity index (χ2v) is 5.57. The molecule has 0 heterocycles. The van der Waals surface area contributed by atoms with E-state index < -0.39 is 5.97 Å². The highest BCUT2D eigenvalue weighted by Crippen LogP contribution is 2.24. The molecule has 1 aromatic rings. The van der Waals surface area contributed by atoms with E-state index in [0.717, 1.165) is 16.5 Å². The van der Waals surface area contributed by atoms with Crippen molar-refractivity contribution in [2.45, 2.75) is 32.9 Å². The molecule has 0 aliphatic rings. The molecule has 0 aliphatic heterocycles. The van der Waals surface area contributed by atoms with Gasteiger partial charge in [-0.05, 0) is 47.0 Å². The number of hydrogen-bond donors (Lipinski definition) is 1. The van der Waals surface area contributed by atoms with Crippen LogP contribution in [0.15, 0.2) is 22.7 Å². The fraction of sp³-hybridized carbons (Fsp3) is 0.462. The van der Waals surface area contributed by atoms with Crippen molar-refractivity contribution < 1.29 is 9.90 Å². The van der Waals surface area contributed by atoms with Crippen LogP contribution in [0.4, 0.5) is 0 Å². The molecule has 1 unspecified atom stereocenters. The van der Waals surface area contributed by atoms with Crippen LogP contribution >= 0.6 is 27.5 Å². The van der Waals surface area contributed by atoms with Gasteiger partial charge in [-0.25, -0.2) is 0 Å². The standard InChI is InChI=1S/C13H17BrClNO2/c1-3-9(2)16(8-13(17)18)7-10-4-5-12(15)11(14)6-10/h4-6,9H,3,7-8H2,1-2H3,(H,17,18). The fourth-order valence-electron chi connectivity index (χ4n) is 1.67. The van der Waals surface area contributed by atoms with Gasteiger partial charge >= 0.3 is 5.97 Å². The SMILES string of the molecule is CCC(C)N(CC(=O)O)Cc1ccc(Cl)c(Br)c1. The molecule has 0 saturated heterocycles. The molecule has 0 aromatic heterocycles. The normalized spacial score (nSPS) is 12.7. The zero-order chi connectivity index (χ0) is 13.7. The lowest BCUT2D eigenvalue weighted by Gasteiger charge is -2.26.